The van der Waals surface area contributed by atoms with Crippen LogP contribution in [0.1, 0.15) is 13.8 Å². The van der Waals surface area contributed by atoms with Gasteiger partial charge in [-0.15, -0.1) is 6.42 Å². The molecule has 0 aliphatic rings. The molecule has 0 aliphatic carbocycles. The molecule has 0 saturated carbocycles. The largest absolute Gasteiger partial charge is 0.365 e. The molecule has 0 heterocycles. The fourth-order valence-corrected chi connectivity index (χ4v) is 0.373. The molecule has 0 bridgehead atoms. The number of allylic oxidation sites excluding steroid dienone is 2. The summed E-state index contributed by atoms with van der Waals surface area (Å²) in [6.07, 6.45) is 6.57. The van der Waals surface area contributed by atoms with Crippen molar-refractivity contribution in [3.05, 3.63) is 17.2 Å². The van der Waals surface area contributed by atoms with E-state index < -0.39 is 0 Å². The summed E-state index contributed by atoms with van der Waals surface area (Å²) in [6.45, 7) is 3.76. The van der Waals surface area contributed by atoms with E-state index in [0.717, 1.165) is 5.57 Å². The minimum atomic E-state index is 0.259. The lowest BCUT2D eigenvalue weighted by Crippen LogP contribution is -1.88. The van der Waals surface area contributed by atoms with Crippen molar-refractivity contribution in [2.75, 3.05) is 0 Å². The zero-order valence-electron chi connectivity index (χ0n) is 5.55. The van der Waals surface area contributed by atoms with E-state index in [1.807, 2.05) is 13.8 Å². The Hall–Kier alpha value is -1.32. The number of rotatable bonds is 1. The second-order valence-electron chi connectivity index (χ2n) is 1.85. The van der Waals surface area contributed by atoms with Gasteiger partial charge in [-0.1, -0.05) is 5.57 Å². The predicted molar refractivity (Wildman–Crippen MR) is 36.9 cm³/mol. The maximum atomic E-state index is 8.18. The molecule has 0 radical (unpaired) electrons. The van der Waals surface area contributed by atoms with Gasteiger partial charge in [0.1, 0.15) is 0 Å². The van der Waals surface area contributed by atoms with Crippen molar-refractivity contribution in [2.24, 2.45) is 0 Å². The van der Waals surface area contributed by atoms with Crippen LogP contribution in [-0.4, -0.2) is 10.5 Å². The highest BCUT2D eigenvalue weighted by atomic mass is 14.8. The Balaban J connectivity index is 4.43. The van der Waals surface area contributed by atoms with Gasteiger partial charge in [0, 0.05) is 12.0 Å². The first-order valence-corrected chi connectivity index (χ1v) is 2.54. The SMILES string of the molecule is C#CC(C=C(C)C)=[N+]=[N-]. The molecule has 0 aromatic rings. The van der Waals surface area contributed by atoms with E-state index in [4.69, 9.17) is 12.0 Å². The third-order valence-electron chi connectivity index (χ3n) is 0.681. The van der Waals surface area contributed by atoms with Crippen LogP contribution in [0, 0.1) is 12.3 Å². The van der Waals surface area contributed by atoms with E-state index in [1.165, 1.54) is 0 Å². The average Bonchev–Trinajstić information content (AvgIpc) is 1.82. The van der Waals surface area contributed by atoms with Crippen LogP contribution in [-0.2, 0) is 0 Å². The highest BCUT2D eigenvalue weighted by Gasteiger charge is 1.93. The Labute approximate surface area is 54.8 Å². The highest BCUT2D eigenvalue weighted by Crippen LogP contribution is 1.86. The first-order valence-electron chi connectivity index (χ1n) is 2.54. The summed E-state index contributed by atoms with van der Waals surface area (Å²) in [5.41, 5.74) is 9.45. The summed E-state index contributed by atoms with van der Waals surface area (Å²) in [5.74, 6) is 2.21. The van der Waals surface area contributed by atoms with Gasteiger partial charge in [0.25, 0.3) is 0 Å². The number of hydrogen-bond donors (Lipinski definition) is 0. The van der Waals surface area contributed by atoms with Gasteiger partial charge in [-0.05, 0) is 13.8 Å². The monoisotopic (exact) mass is 120 g/mol. The van der Waals surface area contributed by atoms with E-state index in [1.54, 1.807) is 6.08 Å². The van der Waals surface area contributed by atoms with Crippen molar-refractivity contribution in [1.29, 1.82) is 0 Å². The molecule has 46 valence electrons. The highest BCUT2D eigenvalue weighted by molar-refractivity contribution is 6.04. The maximum Gasteiger partial charge on any atom is 0.365 e. The summed E-state index contributed by atoms with van der Waals surface area (Å²) in [4.78, 5) is 2.85. The summed E-state index contributed by atoms with van der Waals surface area (Å²) < 4.78 is 0. The zero-order chi connectivity index (χ0) is 7.28. The molecule has 0 rings (SSSR count). The van der Waals surface area contributed by atoms with Crippen LogP contribution in [0.5, 0.6) is 0 Å². The summed E-state index contributed by atoms with van der Waals surface area (Å²) in [6, 6.07) is 0. The predicted octanol–water partition coefficient (Wildman–Crippen LogP) is 1.26. The van der Waals surface area contributed by atoms with Gasteiger partial charge >= 0.3 is 5.71 Å². The second-order valence-corrected chi connectivity index (χ2v) is 1.85. The third-order valence-corrected chi connectivity index (χ3v) is 0.681. The summed E-state index contributed by atoms with van der Waals surface area (Å²) in [5, 5.41) is 0. The Bertz CT molecular complexity index is 208. The second kappa shape index (κ2) is 3.65. The van der Waals surface area contributed by atoms with Crippen molar-refractivity contribution >= 4 is 5.71 Å². The van der Waals surface area contributed by atoms with Crippen LogP contribution in [0.25, 0.3) is 5.53 Å². The van der Waals surface area contributed by atoms with Crippen molar-refractivity contribution in [2.45, 2.75) is 13.8 Å². The quantitative estimate of drug-likeness (QED) is 0.216. The fraction of sp³-hybridized carbons (Fsp3) is 0.286. The van der Waals surface area contributed by atoms with Gasteiger partial charge in [0.2, 0.25) is 0 Å². The van der Waals surface area contributed by atoms with E-state index in [9.17, 15) is 0 Å². The van der Waals surface area contributed by atoms with E-state index in [0.29, 0.717) is 0 Å². The minimum Gasteiger partial charge on any atom is -0.360 e. The first-order chi connectivity index (χ1) is 4.20. The van der Waals surface area contributed by atoms with Gasteiger partial charge in [-0.3, -0.25) is 0 Å². The molecule has 0 amide bonds. The molecule has 0 saturated heterocycles. The molecule has 0 aromatic carbocycles. The molecule has 9 heavy (non-hydrogen) atoms. The third kappa shape index (κ3) is 3.28. The van der Waals surface area contributed by atoms with Crippen molar-refractivity contribution < 1.29 is 4.79 Å². The molecule has 0 atom stereocenters. The molecule has 0 aliphatic heterocycles. The van der Waals surface area contributed by atoms with Crippen LogP contribution >= 0.6 is 0 Å². The average molecular weight is 120 g/mol. The molecule has 0 fully saturated rings. The number of terminal acetylenes is 1. The van der Waals surface area contributed by atoms with Crippen LogP contribution < -0.4 is 0 Å². The smallest absolute Gasteiger partial charge is 0.360 e. The molecular formula is C7H8N2. The molecule has 0 unspecified atom stereocenters. The van der Waals surface area contributed by atoms with Crippen LogP contribution in [0.3, 0.4) is 0 Å². The lowest BCUT2D eigenvalue weighted by atomic mass is 10.2. The normalized spacial score (nSPS) is 6.78. The van der Waals surface area contributed by atoms with E-state index in [-0.39, 0.29) is 5.71 Å². The van der Waals surface area contributed by atoms with Crippen molar-refractivity contribution in [1.82, 2.24) is 0 Å². The van der Waals surface area contributed by atoms with Crippen LogP contribution in [0.4, 0.5) is 0 Å². The molecular weight excluding hydrogens is 112 g/mol. The van der Waals surface area contributed by atoms with Gasteiger partial charge in [-0.2, -0.15) is 4.79 Å². The maximum absolute atomic E-state index is 8.18. The molecule has 0 aromatic heterocycles. The Morgan fingerprint density at radius 1 is 1.67 bits per heavy atom. The van der Waals surface area contributed by atoms with E-state index in [2.05, 4.69) is 10.7 Å². The van der Waals surface area contributed by atoms with Gasteiger partial charge in [0.05, 0.1) is 0 Å². The van der Waals surface area contributed by atoms with Crippen molar-refractivity contribution in [3.63, 3.8) is 0 Å². The van der Waals surface area contributed by atoms with Gasteiger partial charge in [0.15, 0.2) is 0 Å². The molecule has 0 N–H and O–H groups in total. The Morgan fingerprint density at radius 2 is 2.22 bits per heavy atom. The minimum absolute atomic E-state index is 0.259. The topological polar surface area (TPSA) is 36.4 Å². The first kappa shape index (κ1) is 7.68. The lowest BCUT2D eigenvalue weighted by Gasteiger charge is -1.77. The van der Waals surface area contributed by atoms with Crippen LogP contribution in [0.15, 0.2) is 11.6 Å². The van der Waals surface area contributed by atoms with Crippen LogP contribution in [0.2, 0.25) is 0 Å². The summed E-state index contributed by atoms with van der Waals surface area (Å²) >= 11 is 0. The van der Waals surface area contributed by atoms with E-state index >= 15 is 0 Å². The fourth-order valence-electron chi connectivity index (χ4n) is 0.373. The number of hydrogen-bond acceptors (Lipinski definition) is 0. The Kier molecular flexibility index (Phi) is 3.12. The zero-order valence-corrected chi connectivity index (χ0v) is 5.55. The summed E-state index contributed by atoms with van der Waals surface area (Å²) in [7, 11) is 0. The molecule has 2 nitrogen and oxygen atoms in total. The number of nitrogens with zero attached hydrogens (tertiary/aromatic N) is 2. The lowest BCUT2D eigenvalue weighted by molar-refractivity contribution is -0.000721. The molecule has 0 spiro atoms. The molecule has 2 heteroatoms. The van der Waals surface area contributed by atoms with Gasteiger partial charge < -0.3 is 5.53 Å². The standard InChI is InChI=1S/C7H8N2/c1-4-7(9-8)5-6(2)3/h1,5H,2-3H3. The van der Waals surface area contributed by atoms with Crippen molar-refractivity contribution in [3.8, 4) is 12.3 Å². The Morgan fingerprint density at radius 3 is 2.33 bits per heavy atom. The van der Waals surface area contributed by atoms with Gasteiger partial charge in [-0.25, -0.2) is 0 Å².